The molecule has 0 unspecified atom stereocenters. The zero-order valence-corrected chi connectivity index (χ0v) is 11.5. The number of hydrogen-bond donors (Lipinski definition) is 1. The van der Waals surface area contributed by atoms with Gasteiger partial charge in [-0.1, -0.05) is 0 Å². The molecule has 0 aliphatic carbocycles. The SMILES string of the molecule is COCCN(C)CCNc1cc(C)c([N+](=O)[O-])cn1. The fourth-order valence-electron chi connectivity index (χ4n) is 1.57. The van der Waals surface area contributed by atoms with Gasteiger partial charge in [0.05, 0.1) is 11.5 Å². The third-order valence-electron chi connectivity index (χ3n) is 2.76. The Kier molecular flexibility index (Phi) is 6.17. The monoisotopic (exact) mass is 268 g/mol. The van der Waals surface area contributed by atoms with Crippen LogP contribution in [0.5, 0.6) is 0 Å². The molecule has 0 fully saturated rings. The molecule has 0 spiro atoms. The van der Waals surface area contributed by atoms with E-state index >= 15 is 0 Å². The van der Waals surface area contributed by atoms with E-state index in [-0.39, 0.29) is 5.69 Å². The Balaban J connectivity index is 2.42. The van der Waals surface area contributed by atoms with Gasteiger partial charge in [0.1, 0.15) is 12.0 Å². The van der Waals surface area contributed by atoms with E-state index in [4.69, 9.17) is 4.74 Å². The highest BCUT2D eigenvalue weighted by Gasteiger charge is 2.11. The number of nitrogens with zero attached hydrogens (tertiary/aromatic N) is 3. The number of anilines is 1. The largest absolute Gasteiger partial charge is 0.383 e. The lowest BCUT2D eigenvalue weighted by atomic mass is 10.2. The second kappa shape index (κ2) is 7.65. The summed E-state index contributed by atoms with van der Waals surface area (Å²) < 4.78 is 4.99. The van der Waals surface area contributed by atoms with Gasteiger partial charge in [0.15, 0.2) is 0 Å². The minimum atomic E-state index is -0.426. The van der Waals surface area contributed by atoms with Crippen molar-refractivity contribution in [3.8, 4) is 0 Å². The van der Waals surface area contributed by atoms with Crippen molar-refractivity contribution in [2.24, 2.45) is 0 Å². The fraction of sp³-hybridized carbons (Fsp3) is 0.583. The van der Waals surface area contributed by atoms with Crippen molar-refractivity contribution < 1.29 is 9.66 Å². The summed E-state index contributed by atoms with van der Waals surface area (Å²) in [6, 6.07) is 1.69. The molecule has 0 aliphatic heterocycles. The van der Waals surface area contributed by atoms with Gasteiger partial charge < -0.3 is 15.0 Å². The number of nitro groups is 1. The maximum atomic E-state index is 10.7. The number of aryl methyl sites for hydroxylation is 1. The molecule has 19 heavy (non-hydrogen) atoms. The van der Waals surface area contributed by atoms with Gasteiger partial charge in [0, 0.05) is 32.3 Å². The molecule has 0 aliphatic rings. The van der Waals surface area contributed by atoms with Crippen LogP contribution >= 0.6 is 0 Å². The average Bonchev–Trinajstić information content (AvgIpc) is 2.36. The molecular formula is C12H20N4O3. The normalized spacial score (nSPS) is 10.7. The smallest absolute Gasteiger partial charge is 0.290 e. The zero-order chi connectivity index (χ0) is 14.3. The van der Waals surface area contributed by atoms with Crippen LogP contribution in [0.25, 0.3) is 0 Å². The highest BCUT2D eigenvalue weighted by Crippen LogP contribution is 2.18. The van der Waals surface area contributed by atoms with Gasteiger partial charge in [-0.3, -0.25) is 10.1 Å². The summed E-state index contributed by atoms with van der Waals surface area (Å²) in [4.78, 5) is 16.4. The molecule has 1 heterocycles. The van der Waals surface area contributed by atoms with E-state index in [1.165, 1.54) is 6.20 Å². The summed E-state index contributed by atoms with van der Waals surface area (Å²) in [5.41, 5.74) is 0.651. The topological polar surface area (TPSA) is 80.5 Å². The van der Waals surface area contributed by atoms with Gasteiger partial charge in [0.2, 0.25) is 0 Å². The predicted octanol–water partition coefficient (Wildman–Crippen LogP) is 1.29. The van der Waals surface area contributed by atoms with E-state index in [9.17, 15) is 10.1 Å². The summed E-state index contributed by atoms with van der Waals surface area (Å²) in [7, 11) is 3.69. The van der Waals surface area contributed by atoms with Gasteiger partial charge in [-0.2, -0.15) is 0 Å². The van der Waals surface area contributed by atoms with Crippen LogP contribution in [0.4, 0.5) is 11.5 Å². The number of ether oxygens (including phenoxy) is 1. The molecule has 0 aromatic carbocycles. The lowest BCUT2D eigenvalue weighted by Gasteiger charge is -2.16. The Bertz CT molecular complexity index is 425. The molecule has 0 bridgehead atoms. The van der Waals surface area contributed by atoms with Crippen LogP contribution < -0.4 is 5.32 Å². The lowest BCUT2D eigenvalue weighted by Crippen LogP contribution is -2.28. The average molecular weight is 268 g/mol. The first kappa shape index (κ1) is 15.3. The number of nitrogens with one attached hydrogen (secondary N) is 1. The first-order chi connectivity index (χ1) is 9.04. The van der Waals surface area contributed by atoms with Crippen LogP contribution in [-0.2, 0) is 4.74 Å². The number of rotatable bonds is 8. The molecule has 1 rings (SSSR count). The van der Waals surface area contributed by atoms with Crippen molar-refractivity contribution in [3.05, 3.63) is 27.9 Å². The van der Waals surface area contributed by atoms with Gasteiger partial charge in [-0.05, 0) is 20.0 Å². The van der Waals surface area contributed by atoms with Gasteiger partial charge in [-0.15, -0.1) is 0 Å². The van der Waals surface area contributed by atoms with E-state index < -0.39 is 4.92 Å². The number of hydrogen-bond acceptors (Lipinski definition) is 6. The molecule has 106 valence electrons. The minimum absolute atomic E-state index is 0.0442. The van der Waals surface area contributed by atoms with Gasteiger partial charge >= 0.3 is 0 Å². The Labute approximate surface area is 112 Å². The van der Waals surface area contributed by atoms with Crippen molar-refractivity contribution in [3.63, 3.8) is 0 Å². The van der Waals surface area contributed by atoms with Crippen molar-refractivity contribution in [2.75, 3.05) is 45.7 Å². The molecule has 1 N–H and O–H groups in total. The molecule has 0 atom stereocenters. The summed E-state index contributed by atoms with van der Waals surface area (Å²) in [6.07, 6.45) is 1.28. The molecule has 0 saturated carbocycles. The fourth-order valence-corrected chi connectivity index (χ4v) is 1.57. The van der Waals surface area contributed by atoms with Crippen LogP contribution in [0.15, 0.2) is 12.3 Å². The lowest BCUT2D eigenvalue weighted by molar-refractivity contribution is -0.385. The molecule has 1 aromatic rings. The zero-order valence-electron chi connectivity index (χ0n) is 11.5. The second-order valence-corrected chi connectivity index (χ2v) is 4.34. The van der Waals surface area contributed by atoms with Crippen molar-refractivity contribution in [1.29, 1.82) is 0 Å². The van der Waals surface area contributed by atoms with Crippen LogP contribution in [0, 0.1) is 17.0 Å². The van der Waals surface area contributed by atoms with E-state index in [1.54, 1.807) is 20.1 Å². The van der Waals surface area contributed by atoms with Gasteiger partial charge in [-0.25, -0.2) is 4.98 Å². The van der Waals surface area contributed by atoms with Crippen LogP contribution in [-0.4, -0.2) is 55.2 Å². The number of likely N-dealkylation sites (N-methyl/N-ethyl adjacent to an activating group) is 1. The molecule has 7 nitrogen and oxygen atoms in total. The van der Waals surface area contributed by atoms with E-state index in [1.807, 2.05) is 7.05 Å². The number of pyridine rings is 1. The van der Waals surface area contributed by atoms with E-state index in [2.05, 4.69) is 15.2 Å². The number of methoxy groups -OCH3 is 1. The molecule has 0 amide bonds. The minimum Gasteiger partial charge on any atom is -0.383 e. The standard InChI is InChI=1S/C12H20N4O3/c1-10-8-12(14-9-11(10)16(17)18)13-4-5-15(2)6-7-19-3/h8-9H,4-7H2,1-3H3,(H,13,14). The third kappa shape index (κ3) is 5.19. The van der Waals surface area contributed by atoms with Crippen molar-refractivity contribution in [1.82, 2.24) is 9.88 Å². The maximum absolute atomic E-state index is 10.7. The van der Waals surface area contributed by atoms with Crippen molar-refractivity contribution >= 4 is 11.5 Å². The maximum Gasteiger partial charge on any atom is 0.290 e. The summed E-state index contributed by atoms with van der Waals surface area (Å²) in [5, 5.41) is 13.8. The molecule has 7 heteroatoms. The summed E-state index contributed by atoms with van der Waals surface area (Å²) in [6.45, 7) is 4.84. The van der Waals surface area contributed by atoms with Crippen LogP contribution in [0.1, 0.15) is 5.56 Å². The van der Waals surface area contributed by atoms with Gasteiger partial charge in [0.25, 0.3) is 5.69 Å². The Morgan fingerprint density at radius 2 is 2.26 bits per heavy atom. The predicted molar refractivity (Wildman–Crippen MR) is 73.5 cm³/mol. The second-order valence-electron chi connectivity index (χ2n) is 4.34. The first-order valence-corrected chi connectivity index (χ1v) is 6.07. The molecule has 0 saturated heterocycles. The molecular weight excluding hydrogens is 248 g/mol. The highest BCUT2D eigenvalue weighted by atomic mass is 16.6. The van der Waals surface area contributed by atoms with Crippen LogP contribution in [0.3, 0.4) is 0 Å². The molecule has 1 aromatic heterocycles. The van der Waals surface area contributed by atoms with E-state index in [0.717, 1.165) is 19.6 Å². The summed E-state index contributed by atoms with van der Waals surface area (Å²) >= 11 is 0. The van der Waals surface area contributed by atoms with Crippen LogP contribution in [0.2, 0.25) is 0 Å². The Morgan fingerprint density at radius 1 is 1.53 bits per heavy atom. The summed E-state index contributed by atoms with van der Waals surface area (Å²) in [5.74, 6) is 0.656. The Morgan fingerprint density at radius 3 is 2.84 bits per heavy atom. The van der Waals surface area contributed by atoms with Crippen molar-refractivity contribution in [2.45, 2.75) is 6.92 Å². The third-order valence-corrected chi connectivity index (χ3v) is 2.76. The Hall–Kier alpha value is -1.73. The number of aromatic nitrogens is 1. The first-order valence-electron chi connectivity index (χ1n) is 6.07. The molecule has 0 radical (unpaired) electrons. The van der Waals surface area contributed by atoms with E-state index in [0.29, 0.717) is 18.0 Å². The quantitative estimate of drug-likeness (QED) is 0.565. The highest BCUT2D eigenvalue weighted by molar-refractivity contribution is 5.46.